The first-order chi connectivity index (χ1) is 9.63. The number of aromatic nitrogens is 1. The number of benzene rings is 1. The van der Waals surface area contributed by atoms with Crippen LogP contribution in [0.4, 0.5) is 10.8 Å². The second-order valence-electron chi connectivity index (χ2n) is 5.14. The van der Waals surface area contributed by atoms with Gasteiger partial charge in [0, 0.05) is 10.6 Å². The highest BCUT2D eigenvalue weighted by atomic mass is 32.1. The second-order valence-corrected chi connectivity index (χ2v) is 6.22. The molecule has 0 saturated heterocycles. The summed E-state index contributed by atoms with van der Waals surface area (Å²) in [6.45, 7) is 1.94. The summed E-state index contributed by atoms with van der Waals surface area (Å²) in [5.74, 6) is -0.183. The summed E-state index contributed by atoms with van der Waals surface area (Å²) in [6.07, 6.45) is 4.51. The molecule has 0 spiro atoms. The lowest BCUT2D eigenvalue weighted by Gasteiger charge is -2.06. The van der Waals surface area contributed by atoms with Crippen molar-refractivity contribution in [1.29, 1.82) is 0 Å². The summed E-state index contributed by atoms with van der Waals surface area (Å²) >= 11 is 1.58. The van der Waals surface area contributed by atoms with E-state index in [9.17, 15) is 4.79 Å². The van der Waals surface area contributed by atoms with Crippen LogP contribution in [0.2, 0.25) is 0 Å². The van der Waals surface area contributed by atoms with Crippen LogP contribution in [0.1, 0.15) is 39.3 Å². The van der Waals surface area contributed by atoms with Crippen LogP contribution in [0.5, 0.6) is 0 Å². The van der Waals surface area contributed by atoms with Crippen molar-refractivity contribution in [3.05, 3.63) is 39.9 Å². The van der Waals surface area contributed by atoms with E-state index in [1.54, 1.807) is 23.5 Å². The average molecular weight is 287 g/mol. The van der Waals surface area contributed by atoms with Gasteiger partial charge < -0.3 is 5.73 Å². The smallest absolute Gasteiger partial charge is 0.259 e. The number of nitrogen functional groups attached to an aromatic ring is 1. The fourth-order valence-corrected chi connectivity index (χ4v) is 3.48. The maximum Gasteiger partial charge on any atom is 0.259 e. The molecule has 4 nitrogen and oxygen atoms in total. The molecule has 2 aromatic rings. The number of aryl methyl sites for hydroxylation is 3. The van der Waals surface area contributed by atoms with Gasteiger partial charge in [-0.2, -0.15) is 0 Å². The monoisotopic (exact) mass is 287 g/mol. The number of nitrogens with two attached hydrogens (primary N) is 1. The minimum Gasteiger partial charge on any atom is -0.398 e. The van der Waals surface area contributed by atoms with Crippen molar-refractivity contribution in [2.75, 3.05) is 11.1 Å². The second kappa shape index (κ2) is 5.25. The van der Waals surface area contributed by atoms with Crippen molar-refractivity contribution in [3.63, 3.8) is 0 Å². The third-order valence-corrected chi connectivity index (χ3v) is 4.59. The number of anilines is 2. The number of hydrogen-bond donors (Lipinski definition) is 2. The maximum atomic E-state index is 12.3. The molecule has 3 rings (SSSR count). The van der Waals surface area contributed by atoms with Crippen LogP contribution in [0.3, 0.4) is 0 Å². The fraction of sp³-hybridized carbons (Fsp3) is 0.333. The van der Waals surface area contributed by atoms with Crippen molar-refractivity contribution in [2.24, 2.45) is 0 Å². The molecule has 0 radical (unpaired) electrons. The number of rotatable bonds is 2. The van der Waals surface area contributed by atoms with Gasteiger partial charge in [-0.3, -0.25) is 10.1 Å². The molecular formula is C15H17N3OS. The summed E-state index contributed by atoms with van der Waals surface area (Å²) in [5.41, 5.74) is 9.03. The lowest BCUT2D eigenvalue weighted by molar-refractivity contribution is 0.102. The predicted molar refractivity (Wildman–Crippen MR) is 82.3 cm³/mol. The Morgan fingerprint density at radius 1 is 1.35 bits per heavy atom. The number of nitrogens with zero attached hydrogens (tertiary/aromatic N) is 1. The number of carbonyl (C=O) groups excluding carboxylic acids is 1. The zero-order valence-electron chi connectivity index (χ0n) is 11.4. The quantitative estimate of drug-likeness (QED) is 0.834. The number of carbonyl (C=O) groups is 1. The first-order valence-corrected chi connectivity index (χ1v) is 7.61. The number of fused-ring (bicyclic) bond motifs is 1. The van der Waals surface area contributed by atoms with E-state index in [0.29, 0.717) is 16.4 Å². The van der Waals surface area contributed by atoms with Crippen molar-refractivity contribution >= 4 is 28.1 Å². The average Bonchev–Trinajstić information content (AvgIpc) is 2.83. The molecule has 20 heavy (non-hydrogen) atoms. The normalized spacial score (nSPS) is 13.8. The molecule has 0 aliphatic heterocycles. The molecule has 5 heteroatoms. The molecule has 0 bridgehead atoms. The van der Waals surface area contributed by atoms with Gasteiger partial charge in [-0.05, 0) is 44.7 Å². The van der Waals surface area contributed by atoms with Gasteiger partial charge >= 0.3 is 0 Å². The Bertz CT molecular complexity index is 640. The van der Waals surface area contributed by atoms with Crippen molar-refractivity contribution in [3.8, 4) is 0 Å². The van der Waals surface area contributed by atoms with E-state index < -0.39 is 0 Å². The Hall–Kier alpha value is -1.88. The van der Waals surface area contributed by atoms with Crippen LogP contribution in [0.15, 0.2) is 18.2 Å². The van der Waals surface area contributed by atoms with Gasteiger partial charge in [-0.25, -0.2) is 4.98 Å². The van der Waals surface area contributed by atoms with Crippen LogP contribution in [-0.4, -0.2) is 10.9 Å². The van der Waals surface area contributed by atoms with Crippen LogP contribution in [0, 0.1) is 6.92 Å². The summed E-state index contributed by atoms with van der Waals surface area (Å²) in [6, 6.07) is 5.46. The van der Waals surface area contributed by atoms with Crippen LogP contribution >= 0.6 is 11.3 Å². The molecule has 1 aromatic carbocycles. The highest BCUT2D eigenvalue weighted by Gasteiger charge is 2.17. The molecule has 0 saturated carbocycles. The number of thiazole rings is 1. The van der Waals surface area contributed by atoms with Gasteiger partial charge in [0.15, 0.2) is 5.13 Å². The van der Waals surface area contributed by atoms with E-state index in [2.05, 4.69) is 10.3 Å². The predicted octanol–water partition coefficient (Wildman–Crippen LogP) is 3.16. The summed E-state index contributed by atoms with van der Waals surface area (Å²) < 4.78 is 0. The van der Waals surface area contributed by atoms with Gasteiger partial charge in [0.2, 0.25) is 0 Å². The molecule has 3 N–H and O–H groups in total. The largest absolute Gasteiger partial charge is 0.398 e. The fourth-order valence-electron chi connectivity index (χ4n) is 2.44. The summed E-state index contributed by atoms with van der Waals surface area (Å²) in [4.78, 5) is 18.1. The molecule has 1 aliphatic carbocycles. The van der Waals surface area contributed by atoms with E-state index in [0.717, 1.165) is 24.1 Å². The molecule has 0 fully saturated rings. The van der Waals surface area contributed by atoms with Crippen LogP contribution < -0.4 is 11.1 Å². The molecule has 1 heterocycles. The Morgan fingerprint density at radius 3 is 2.95 bits per heavy atom. The zero-order valence-corrected chi connectivity index (χ0v) is 12.2. The van der Waals surface area contributed by atoms with E-state index >= 15 is 0 Å². The lowest BCUT2D eigenvalue weighted by Crippen LogP contribution is -2.14. The molecule has 104 valence electrons. The Balaban J connectivity index is 1.82. The number of hydrogen-bond acceptors (Lipinski definition) is 4. The standard InChI is InChI=1S/C15H17N3OS/c1-9-6-7-11(16)10(8-9)14(19)18-15-17-12-4-2-3-5-13(12)20-15/h6-8H,2-5,16H2,1H3,(H,17,18,19). The third-order valence-electron chi connectivity index (χ3n) is 3.52. The minimum atomic E-state index is -0.183. The Labute approximate surface area is 122 Å². The third kappa shape index (κ3) is 2.54. The van der Waals surface area contributed by atoms with Gasteiger partial charge in [0.25, 0.3) is 5.91 Å². The van der Waals surface area contributed by atoms with Crippen LogP contribution in [-0.2, 0) is 12.8 Å². The van der Waals surface area contributed by atoms with Gasteiger partial charge in [0.05, 0.1) is 11.3 Å². The van der Waals surface area contributed by atoms with Crippen LogP contribution in [0.25, 0.3) is 0 Å². The Morgan fingerprint density at radius 2 is 2.15 bits per heavy atom. The van der Waals surface area contributed by atoms with Crippen molar-refractivity contribution < 1.29 is 4.79 Å². The first kappa shape index (κ1) is 13.1. The molecule has 1 amide bonds. The van der Waals surface area contributed by atoms with Crippen molar-refractivity contribution in [2.45, 2.75) is 32.6 Å². The van der Waals surface area contributed by atoms with Gasteiger partial charge in [-0.1, -0.05) is 11.6 Å². The van der Waals surface area contributed by atoms with E-state index in [1.165, 1.54) is 17.7 Å². The molecule has 1 aromatic heterocycles. The van der Waals surface area contributed by atoms with E-state index in [1.807, 2.05) is 13.0 Å². The molecule has 0 atom stereocenters. The highest BCUT2D eigenvalue weighted by Crippen LogP contribution is 2.30. The van der Waals surface area contributed by atoms with Gasteiger partial charge in [-0.15, -0.1) is 11.3 Å². The summed E-state index contributed by atoms with van der Waals surface area (Å²) in [5, 5.41) is 3.56. The summed E-state index contributed by atoms with van der Waals surface area (Å²) in [7, 11) is 0. The molecular weight excluding hydrogens is 270 g/mol. The number of nitrogens with one attached hydrogen (secondary N) is 1. The van der Waals surface area contributed by atoms with Crippen molar-refractivity contribution in [1.82, 2.24) is 4.98 Å². The highest BCUT2D eigenvalue weighted by molar-refractivity contribution is 7.15. The van der Waals surface area contributed by atoms with Gasteiger partial charge in [0.1, 0.15) is 0 Å². The topological polar surface area (TPSA) is 68.0 Å². The van der Waals surface area contributed by atoms with E-state index in [4.69, 9.17) is 5.73 Å². The zero-order chi connectivity index (χ0) is 14.1. The first-order valence-electron chi connectivity index (χ1n) is 6.79. The van der Waals surface area contributed by atoms with E-state index in [-0.39, 0.29) is 5.91 Å². The maximum absolute atomic E-state index is 12.3. The Kier molecular flexibility index (Phi) is 3.44. The molecule has 1 aliphatic rings. The lowest BCUT2D eigenvalue weighted by atomic mass is 10.0. The molecule has 0 unspecified atom stereocenters. The SMILES string of the molecule is Cc1ccc(N)c(C(=O)Nc2nc3c(s2)CCCC3)c1. The minimum absolute atomic E-state index is 0.183. The number of amides is 1.